The lowest BCUT2D eigenvalue weighted by molar-refractivity contribution is -0.258. The van der Waals surface area contributed by atoms with Gasteiger partial charge in [0.2, 0.25) is 0 Å². The van der Waals surface area contributed by atoms with E-state index in [1.54, 1.807) is 0 Å². The van der Waals surface area contributed by atoms with Gasteiger partial charge >= 0.3 is 12.4 Å². The number of unbranched alkanes of at least 4 members (excludes halogenated alkanes) is 2. The van der Waals surface area contributed by atoms with Gasteiger partial charge in [0.1, 0.15) is 0 Å². The molecule has 2 rings (SSSR count). The van der Waals surface area contributed by atoms with Gasteiger partial charge in [-0.3, -0.25) is 0 Å². The van der Waals surface area contributed by atoms with E-state index >= 15 is 0 Å². The number of benzene rings is 2. The van der Waals surface area contributed by atoms with Crippen molar-refractivity contribution in [3.05, 3.63) is 57.6 Å². The van der Waals surface area contributed by atoms with E-state index in [4.69, 9.17) is 11.5 Å². The summed E-state index contributed by atoms with van der Waals surface area (Å²) in [5, 5.41) is 20.7. The Morgan fingerprint density at radius 1 is 0.622 bits per heavy atom. The van der Waals surface area contributed by atoms with Gasteiger partial charge in [-0.15, -0.1) is 0 Å². The summed E-state index contributed by atoms with van der Waals surface area (Å²) in [6.45, 7) is 5.12. The normalized spacial score (nSPS) is 15.9. The van der Waals surface area contributed by atoms with E-state index in [0.717, 1.165) is 12.8 Å². The molecule has 2 atom stereocenters. The summed E-state index contributed by atoms with van der Waals surface area (Å²) in [5.41, 5.74) is 6.04. The highest BCUT2D eigenvalue weighted by Gasteiger charge is 2.53. The number of nitrogens with two attached hydrogens (primary N) is 2. The van der Waals surface area contributed by atoms with Crippen molar-refractivity contribution in [2.45, 2.75) is 96.2 Å². The van der Waals surface area contributed by atoms with E-state index in [-0.39, 0.29) is 17.8 Å². The van der Waals surface area contributed by atoms with Gasteiger partial charge in [0, 0.05) is 22.5 Å². The first-order chi connectivity index (χ1) is 16.9. The Balaban J connectivity index is 2.78. The van der Waals surface area contributed by atoms with E-state index in [2.05, 4.69) is 0 Å². The van der Waals surface area contributed by atoms with Gasteiger partial charge in [0.15, 0.2) is 11.2 Å². The molecule has 0 saturated heterocycles. The number of nitrogen functional groups attached to an aromatic ring is 2. The third kappa shape index (κ3) is 6.52. The third-order valence-electron chi connectivity index (χ3n) is 6.88. The minimum atomic E-state index is -5.00. The molecular formula is C27H36F6N2O2. The second-order valence-corrected chi connectivity index (χ2v) is 9.94. The summed E-state index contributed by atoms with van der Waals surface area (Å²) < 4.78 is 81.9. The predicted octanol–water partition coefficient (Wildman–Crippen LogP) is 6.67. The topological polar surface area (TPSA) is 92.5 Å². The van der Waals surface area contributed by atoms with E-state index < -0.39 is 34.7 Å². The Hall–Kier alpha value is -2.46. The Morgan fingerprint density at radius 2 is 0.946 bits per heavy atom. The molecule has 6 N–H and O–H groups in total. The zero-order valence-electron chi connectivity index (χ0n) is 21.6. The first-order valence-corrected chi connectivity index (χ1v) is 12.3. The Morgan fingerprint density at radius 3 is 1.22 bits per heavy atom. The Labute approximate surface area is 213 Å². The van der Waals surface area contributed by atoms with Gasteiger partial charge in [0.05, 0.1) is 0 Å². The van der Waals surface area contributed by atoms with Crippen LogP contribution in [0.25, 0.3) is 0 Å². The van der Waals surface area contributed by atoms with Crippen LogP contribution in [0.3, 0.4) is 0 Å². The predicted molar refractivity (Wildman–Crippen MR) is 133 cm³/mol. The minimum absolute atomic E-state index is 0.0273. The minimum Gasteiger partial charge on any atom is -0.398 e. The highest BCUT2D eigenvalue weighted by molar-refractivity contribution is 5.59. The average molecular weight is 535 g/mol. The number of aliphatic hydroxyl groups is 2. The average Bonchev–Trinajstić information content (AvgIpc) is 2.76. The van der Waals surface area contributed by atoms with E-state index in [0.29, 0.717) is 61.8 Å². The van der Waals surface area contributed by atoms with Crippen LogP contribution >= 0.6 is 0 Å². The molecule has 0 fully saturated rings. The van der Waals surface area contributed by atoms with Crippen molar-refractivity contribution in [2.75, 3.05) is 11.5 Å². The molecule has 0 heterocycles. The molecule has 2 aromatic carbocycles. The van der Waals surface area contributed by atoms with Crippen LogP contribution in [0.5, 0.6) is 0 Å². The molecule has 0 aromatic heterocycles. The van der Waals surface area contributed by atoms with Crippen LogP contribution in [-0.4, -0.2) is 22.6 Å². The molecule has 0 spiro atoms. The largest absolute Gasteiger partial charge is 0.421 e. The maximum absolute atomic E-state index is 13.7. The zero-order chi connectivity index (χ0) is 28.4. The third-order valence-corrected chi connectivity index (χ3v) is 6.88. The molecule has 4 nitrogen and oxygen atoms in total. The fourth-order valence-electron chi connectivity index (χ4n) is 4.30. The molecule has 0 radical (unpaired) electrons. The van der Waals surface area contributed by atoms with Gasteiger partial charge in [-0.25, -0.2) is 0 Å². The molecule has 0 amide bonds. The summed E-state index contributed by atoms with van der Waals surface area (Å²) in [4.78, 5) is 0. The quantitative estimate of drug-likeness (QED) is 0.202. The molecule has 0 saturated carbocycles. The molecule has 0 aliphatic heterocycles. The maximum Gasteiger partial charge on any atom is 0.421 e. The zero-order valence-corrected chi connectivity index (χ0v) is 21.6. The number of alkyl halides is 6. The van der Waals surface area contributed by atoms with Crippen molar-refractivity contribution in [2.24, 2.45) is 0 Å². The number of anilines is 2. The van der Waals surface area contributed by atoms with Gasteiger partial charge in [0.25, 0.3) is 0 Å². The molecule has 0 aliphatic carbocycles. The van der Waals surface area contributed by atoms with Crippen molar-refractivity contribution in [1.29, 1.82) is 0 Å². The summed E-state index contributed by atoms with van der Waals surface area (Å²) in [7, 11) is 0. The summed E-state index contributed by atoms with van der Waals surface area (Å²) in [6, 6.07) is 5.18. The fraction of sp³-hybridized carbons (Fsp3) is 0.556. The molecule has 2 unspecified atom stereocenters. The van der Waals surface area contributed by atoms with E-state index in [9.17, 15) is 36.6 Å². The molecule has 0 bridgehead atoms. The molecule has 37 heavy (non-hydrogen) atoms. The number of hydrogen-bond donors (Lipinski definition) is 4. The van der Waals surface area contributed by atoms with Crippen LogP contribution < -0.4 is 11.5 Å². The van der Waals surface area contributed by atoms with Gasteiger partial charge in [-0.1, -0.05) is 26.7 Å². The highest BCUT2D eigenvalue weighted by Crippen LogP contribution is 2.44. The van der Waals surface area contributed by atoms with Crippen molar-refractivity contribution >= 4 is 11.4 Å². The first-order valence-electron chi connectivity index (χ1n) is 12.3. The summed E-state index contributed by atoms with van der Waals surface area (Å²) in [6.07, 6.45) is -6.06. The van der Waals surface area contributed by atoms with Crippen molar-refractivity contribution in [3.63, 3.8) is 0 Å². The van der Waals surface area contributed by atoms with Crippen molar-refractivity contribution in [3.8, 4) is 0 Å². The molecule has 0 aliphatic rings. The second-order valence-electron chi connectivity index (χ2n) is 9.94. The van der Waals surface area contributed by atoms with Gasteiger partial charge in [-0.05, 0) is 92.5 Å². The van der Waals surface area contributed by atoms with Crippen molar-refractivity contribution in [1.82, 2.24) is 0 Å². The van der Waals surface area contributed by atoms with Crippen LogP contribution in [0.2, 0.25) is 0 Å². The van der Waals surface area contributed by atoms with Crippen LogP contribution in [0.4, 0.5) is 37.7 Å². The lowest BCUT2D eigenvalue weighted by Crippen LogP contribution is -2.40. The molecular weight excluding hydrogens is 498 g/mol. The number of rotatable bonds is 10. The number of halogens is 6. The molecule has 10 heteroatoms. The van der Waals surface area contributed by atoms with E-state index in [1.165, 1.54) is 24.3 Å². The lowest BCUT2D eigenvalue weighted by Gasteiger charge is -2.30. The van der Waals surface area contributed by atoms with Crippen LogP contribution in [0, 0.1) is 0 Å². The van der Waals surface area contributed by atoms with Crippen LogP contribution in [0.15, 0.2) is 24.3 Å². The lowest BCUT2D eigenvalue weighted by atomic mass is 9.84. The first kappa shape index (κ1) is 30.8. The second kappa shape index (κ2) is 11.1. The standard InChI is InChI=1S/C27H36F6N2O2/c1-5-7-9-16-14-22(34)20(24(3,36)26(28,29)30)12-18(16)11-19-13-21(25(4,37)27(31,32)33)23(35)15-17(19)10-8-6-2/h12-15,36-37H,5-11,34-35H2,1-4H3. The maximum atomic E-state index is 13.7. The molecule has 208 valence electrons. The highest BCUT2D eigenvalue weighted by atomic mass is 19.4. The van der Waals surface area contributed by atoms with Crippen LogP contribution in [0.1, 0.15) is 86.8 Å². The van der Waals surface area contributed by atoms with Gasteiger partial charge in [-0.2, -0.15) is 26.3 Å². The Bertz CT molecular complexity index is 1010. The monoisotopic (exact) mass is 534 g/mol. The van der Waals surface area contributed by atoms with Gasteiger partial charge < -0.3 is 21.7 Å². The van der Waals surface area contributed by atoms with E-state index in [1.807, 2.05) is 13.8 Å². The summed E-state index contributed by atoms with van der Waals surface area (Å²) in [5.74, 6) is 0. The number of aryl methyl sites for hydroxylation is 2. The summed E-state index contributed by atoms with van der Waals surface area (Å²) >= 11 is 0. The fourth-order valence-corrected chi connectivity index (χ4v) is 4.30. The van der Waals surface area contributed by atoms with Crippen LogP contribution in [-0.2, 0) is 30.5 Å². The van der Waals surface area contributed by atoms with Crippen molar-refractivity contribution < 1.29 is 36.6 Å². The Kier molecular flexibility index (Phi) is 9.24. The smallest absolute Gasteiger partial charge is 0.398 e. The number of hydrogen-bond acceptors (Lipinski definition) is 4. The SMILES string of the molecule is CCCCc1cc(N)c(C(C)(O)C(F)(F)F)cc1Cc1cc(C(C)(O)C(F)(F)F)c(N)cc1CCCC. The molecule has 2 aromatic rings.